The van der Waals surface area contributed by atoms with Crippen molar-refractivity contribution in [2.45, 2.75) is 39.5 Å². The van der Waals surface area contributed by atoms with Gasteiger partial charge >= 0.3 is 0 Å². The molecular weight excluding hydrogens is 378 g/mol. The molecule has 6 nitrogen and oxygen atoms in total. The predicted octanol–water partition coefficient (Wildman–Crippen LogP) is 4.20. The van der Waals surface area contributed by atoms with Gasteiger partial charge in [0.05, 0.1) is 23.3 Å². The van der Waals surface area contributed by atoms with E-state index >= 15 is 0 Å². The van der Waals surface area contributed by atoms with Gasteiger partial charge in [-0.25, -0.2) is 0 Å². The number of hydrogen-bond acceptors (Lipinski definition) is 6. The number of carbonyl (C=O) groups excluding carboxylic acids is 1. The maximum atomic E-state index is 10.1. The quantitative estimate of drug-likeness (QED) is 0.341. The number of carbonyl (C=O) groups is 1. The third-order valence-electron chi connectivity index (χ3n) is 4.09. The average Bonchev–Trinajstić information content (AvgIpc) is 2.80. The van der Waals surface area contributed by atoms with Crippen LogP contribution in [0.25, 0.3) is 0 Å². The third-order valence-corrected chi connectivity index (χ3v) is 4.09. The van der Waals surface area contributed by atoms with Gasteiger partial charge in [0.2, 0.25) is 0 Å². The molecule has 0 aliphatic rings. The first-order valence-corrected chi connectivity index (χ1v) is 10.0. The van der Waals surface area contributed by atoms with Crippen LogP contribution in [-0.4, -0.2) is 32.3 Å². The Bertz CT molecular complexity index is 800. The van der Waals surface area contributed by atoms with Crippen LogP contribution in [0, 0.1) is 22.7 Å². The number of hydrogen-bond donors (Lipinski definition) is 1. The maximum absolute atomic E-state index is 10.1. The second kappa shape index (κ2) is 15.8. The Hall–Kier alpha value is -3.03. The van der Waals surface area contributed by atoms with Crippen molar-refractivity contribution in [3.05, 3.63) is 70.8 Å². The van der Waals surface area contributed by atoms with Crippen molar-refractivity contribution in [2.75, 3.05) is 19.8 Å². The average molecular weight is 408 g/mol. The lowest BCUT2D eigenvalue weighted by Crippen LogP contribution is -2.21. The zero-order valence-corrected chi connectivity index (χ0v) is 17.6. The number of benzene rings is 2. The van der Waals surface area contributed by atoms with Crippen molar-refractivity contribution in [1.82, 2.24) is 5.32 Å². The summed E-state index contributed by atoms with van der Waals surface area (Å²) in [5.41, 5.74) is 3.06. The predicted molar refractivity (Wildman–Crippen MR) is 116 cm³/mol. The molecule has 0 spiro atoms. The molecule has 2 aromatic carbocycles. The Morgan fingerprint density at radius 2 is 1.47 bits per heavy atom. The molecule has 158 valence electrons. The van der Waals surface area contributed by atoms with Gasteiger partial charge in [0, 0.05) is 25.3 Å². The van der Waals surface area contributed by atoms with E-state index in [0.29, 0.717) is 29.9 Å². The second-order valence-electron chi connectivity index (χ2n) is 6.32. The molecule has 0 amide bonds. The topological polar surface area (TPSA) is 95.1 Å². The minimum Gasteiger partial charge on any atom is -0.353 e. The molecule has 0 fully saturated rings. The largest absolute Gasteiger partial charge is 0.353 e. The van der Waals surface area contributed by atoms with Crippen molar-refractivity contribution < 1.29 is 14.3 Å². The molecule has 0 aliphatic heterocycles. The molecule has 30 heavy (non-hydrogen) atoms. The van der Waals surface area contributed by atoms with Crippen molar-refractivity contribution in [2.24, 2.45) is 0 Å². The van der Waals surface area contributed by atoms with Gasteiger partial charge in [0.25, 0.3) is 0 Å². The summed E-state index contributed by atoms with van der Waals surface area (Å²) in [6.45, 7) is 7.08. The van der Waals surface area contributed by atoms with Crippen molar-refractivity contribution >= 4 is 6.29 Å². The lowest BCUT2D eigenvalue weighted by atomic mass is 10.1. The molecule has 0 radical (unpaired) electrons. The number of nitriles is 2. The van der Waals surface area contributed by atoms with Gasteiger partial charge in [0.15, 0.2) is 6.29 Å². The molecule has 0 saturated carbocycles. The summed E-state index contributed by atoms with van der Waals surface area (Å²) in [7, 11) is 0. The summed E-state index contributed by atoms with van der Waals surface area (Å²) in [6.07, 6.45) is 2.59. The Balaban J connectivity index is 0.000000375. The van der Waals surface area contributed by atoms with E-state index in [1.165, 1.54) is 5.56 Å². The highest BCUT2D eigenvalue weighted by molar-refractivity contribution is 5.74. The Labute approximate surface area is 179 Å². The van der Waals surface area contributed by atoms with Crippen LogP contribution in [-0.2, 0) is 16.0 Å². The van der Waals surface area contributed by atoms with E-state index in [1.807, 2.05) is 44.2 Å². The number of nitrogens with one attached hydrogen (secondary N) is 1. The van der Waals surface area contributed by atoms with Gasteiger partial charge in [-0.2, -0.15) is 10.5 Å². The summed E-state index contributed by atoms with van der Waals surface area (Å²) in [5.74, 6) is 0. The van der Waals surface area contributed by atoms with Crippen LogP contribution in [0.2, 0.25) is 0 Å². The van der Waals surface area contributed by atoms with E-state index in [4.69, 9.17) is 20.0 Å². The van der Waals surface area contributed by atoms with Crippen LogP contribution in [0.5, 0.6) is 0 Å². The summed E-state index contributed by atoms with van der Waals surface area (Å²) in [4.78, 5) is 10.1. The number of ether oxygens (including phenoxy) is 2. The summed E-state index contributed by atoms with van der Waals surface area (Å²) >= 11 is 0. The first-order valence-electron chi connectivity index (χ1n) is 10.0. The smallest absolute Gasteiger partial charge is 0.157 e. The monoisotopic (exact) mass is 407 g/mol. The molecule has 2 aromatic rings. The van der Waals surface area contributed by atoms with Crippen LogP contribution in [0.15, 0.2) is 48.5 Å². The van der Waals surface area contributed by atoms with Gasteiger partial charge in [-0.05, 0) is 63.1 Å². The molecule has 2 rings (SSSR count). The molecule has 0 aromatic heterocycles. The molecular formula is C24H29N3O3. The Kier molecular flexibility index (Phi) is 13.2. The number of rotatable bonds is 11. The molecule has 0 heterocycles. The van der Waals surface area contributed by atoms with E-state index in [-0.39, 0.29) is 6.29 Å². The SMILES string of the molecule is CCOC(CCCNCc1ccc(C#N)cc1)OCC.N#Cc1ccc(C=O)cc1. The highest BCUT2D eigenvalue weighted by Crippen LogP contribution is 2.05. The summed E-state index contributed by atoms with van der Waals surface area (Å²) in [6, 6.07) is 18.2. The molecule has 1 N–H and O–H groups in total. The van der Waals surface area contributed by atoms with Gasteiger partial charge in [-0.1, -0.05) is 24.3 Å². The first kappa shape index (κ1) is 25.0. The fourth-order valence-corrected chi connectivity index (χ4v) is 2.55. The van der Waals surface area contributed by atoms with Gasteiger partial charge in [-0.15, -0.1) is 0 Å². The van der Waals surface area contributed by atoms with Gasteiger partial charge in [-0.3, -0.25) is 4.79 Å². The minimum absolute atomic E-state index is 0.0817. The van der Waals surface area contributed by atoms with Gasteiger partial charge < -0.3 is 14.8 Å². The lowest BCUT2D eigenvalue weighted by molar-refractivity contribution is -0.139. The van der Waals surface area contributed by atoms with Crippen LogP contribution in [0.3, 0.4) is 0 Å². The fourth-order valence-electron chi connectivity index (χ4n) is 2.55. The Morgan fingerprint density at radius 1 is 0.933 bits per heavy atom. The zero-order chi connectivity index (χ0) is 22.0. The molecule has 0 atom stereocenters. The molecule has 0 aliphatic carbocycles. The molecule has 0 bridgehead atoms. The lowest BCUT2D eigenvalue weighted by Gasteiger charge is -2.16. The molecule has 0 unspecified atom stereocenters. The minimum atomic E-state index is -0.0817. The standard InChI is InChI=1S/C16H24N2O2.C8H5NO/c1-3-19-16(20-4-2)6-5-11-18-13-15-9-7-14(12-17)8-10-15;9-5-7-1-3-8(6-10)4-2-7/h7-10,16,18H,3-6,11,13H2,1-2H3;1-4,6H. The van der Waals surface area contributed by atoms with Crippen LogP contribution in [0.1, 0.15) is 53.7 Å². The summed E-state index contributed by atoms with van der Waals surface area (Å²) in [5, 5.41) is 20.5. The van der Waals surface area contributed by atoms with Crippen LogP contribution in [0.4, 0.5) is 0 Å². The van der Waals surface area contributed by atoms with E-state index in [2.05, 4.69) is 11.4 Å². The van der Waals surface area contributed by atoms with E-state index in [1.54, 1.807) is 24.3 Å². The maximum Gasteiger partial charge on any atom is 0.157 e. The van der Waals surface area contributed by atoms with Gasteiger partial charge in [0.1, 0.15) is 6.29 Å². The van der Waals surface area contributed by atoms with Crippen molar-refractivity contribution in [3.63, 3.8) is 0 Å². The number of nitrogens with zero attached hydrogens (tertiary/aromatic N) is 2. The molecule has 6 heteroatoms. The Morgan fingerprint density at radius 3 is 1.93 bits per heavy atom. The second-order valence-corrected chi connectivity index (χ2v) is 6.32. The first-order chi connectivity index (χ1) is 14.7. The highest BCUT2D eigenvalue weighted by Gasteiger charge is 2.06. The van der Waals surface area contributed by atoms with E-state index < -0.39 is 0 Å². The molecule has 0 saturated heterocycles. The zero-order valence-electron chi connectivity index (χ0n) is 17.6. The number of aldehydes is 1. The van der Waals surface area contributed by atoms with Crippen LogP contribution < -0.4 is 5.32 Å². The van der Waals surface area contributed by atoms with E-state index in [0.717, 1.165) is 32.2 Å². The highest BCUT2D eigenvalue weighted by atomic mass is 16.7. The normalized spacial score (nSPS) is 9.90. The van der Waals surface area contributed by atoms with E-state index in [9.17, 15) is 4.79 Å². The van der Waals surface area contributed by atoms with Crippen molar-refractivity contribution in [3.8, 4) is 12.1 Å². The third kappa shape index (κ3) is 10.5. The van der Waals surface area contributed by atoms with Crippen LogP contribution >= 0.6 is 0 Å². The van der Waals surface area contributed by atoms with Crippen molar-refractivity contribution in [1.29, 1.82) is 10.5 Å². The summed E-state index contributed by atoms with van der Waals surface area (Å²) < 4.78 is 11.0. The fraction of sp³-hybridized carbons (Fsp3) is 0.375.